The van der Waals surface area contributed by atoms with Crippen LogP contribution in [-0.2, 0) is 20.9 Å². The van der Waals surface area contributed by atoms with Crippen LogP contribution in [0, 0.1) is 13.8 Å². The van der Waals surface area contributed by atoms with E-state index in [0.29, 0.717) is 34.1 Å². The molecule has 0 radical (unpaired) electrons. The quantitative estimate of drug-likeness (QED) is 0.144. The number of anilines is 1. The molecule has 0 bridgehead atoms. The third-order valence-corrected chi connectivity index (χ3v) is 7.27. The monoisotopic (exact) mass is 555 g/mol. The molecule has 0 spiro atoms. The number of ketones is 1. The molecule has 0 saturated carbocycles. The molecule has 1 fully saturated rings. The van der Waals surface area contributed by atoms with E-state index in [2.05, 4.69) is 10.2 Å². The Hall–Kier alpha value is -4.83. The number of carbonyl (C=O) groups excluding carboxylic acids is 3. The summed E-state index contributed by atoms with van der Waals surface area (Å²) in [5.74, 6) is -1.97. The fourth-order valence-electron chi connectivity index (χ4n) is 4.48. The molecule has 4 aromatic rings. The zero-order valence-corrected chi connectivity index (χ0v) is 22.8. The lowest BCUT2D eigenvalue weighted by Gasteiger charge is -2.22. The summed E-state index contributed by atoms with van der Waals surface area (Å²) >= 11 is 1.15. The Bertz CT molecular complexity index is 1630. The van der Waals surface area contributed by atoms with E-state index in [1.165, 1.54) is 24.1 Å². The number of aryl methyl sites for hydroxylation is 2. The highest BCUT2D eigenvalue weighted by Crippen LogP contribution is 2.43. The zero-order valence-electron chi connectivity index (χ0n) is 22.0. The number of aliphatic hydroxyl groups excluding tert-OH is 1. The molecule has 1 amide bonds. The fourth-order valence-corrected chi connectivity index (χ4v) is 5.20. The van der Waals surface area contributed by atoms with Gasteiger partial charge in [-0.3, -0.25) is 14.5 Å². The summed E-state index contributed by atoms with van der Waals surface area (Å²) in [5.41, 5.74) is 3.20. The number of benzene rings is 3. The predicted molar refractivity (Wildman–Crippen MR) is 149 cm³/mol. The minimum absolute atomic E-state index is 0.0999. The van der Waals surface area contributed by atoms with Crippen LogP contribution < -0.4 is 9.64 Å². The molecule has 0 unspecified atom stereocenters. The van der Waals surface area contributed by atoms with Crippen molar-refractivity contribution in [2.45, 2.75) is 26.5 Å². The van der Waals surface area contributed by atoms with Gasteiger partial charge in [-0.2, -0.15) is 0 Å². The Labute approximate surface area is 234 Å². The standard InChI is InChI=1S/C30H25N3O6S/c1-17-5-4-6-19(15-17)16-39-23-13-11-21(12-14-23)26(34)24-25(20-7-9-22(10-8-20)29(37)38-3)33(28(36)27(24)35)30-32-31-18(2)40-30/h4-15,25,34H,16H2,1-3H3/b26-24+/t25-/m1/s1. The number of aliphatic hydroxyl groups is 1. The largest absolute Gasteiger partial charge is 0.507 e. The van der Waals surface area contributed by atoms with Crippen molar-refractivity contribution in [2.24, 2.45) is 0 Å². The van der Waals surface area contributed by atoms with Gasteiger partial charge < -0.3 is 14.6 Å². The van der Waals surface area contributed by atoms with E-state index >= 15 is 0 Å². The van der Waals surface area contributed by atoms with E-state index in [-0.39, 0.29) is 16.5 Å². The average molecular weight is 556 g/mol. The van der Waals surface area contributed by atoms with Gasteiger partial charge in [-0.25, -0.2) is 4.79 Å². The maximum absolute atomic E-state index is 13.3. The number of hydrogen-bond donors (Lipinski definition) is 1. The highest BCUT2D eigenvalue weighted by Gasteiger charge is 2.48. The van der Waals surface area contributed by atoms with E-state index in [4.69, 9.17) is 9.47 Å². The SMILES string of the molecule is COC(=O)c1ccc([C@@H]2/C(=C(\O)c3ccc(OCc4cccc(C)c4)cc3)C(=O)C(=O)N2c2nnc(C)s2)cc1. The number of carbonyl (C=O) groups is 3. The van der Waals surface area contributed by atoms with Gasteiger partial charge in [0.2, 0.25) is 5.13 Å². The van der Waals surface area contributed by atoms with Crippen molar-refractivity contribution < 1.29 is 29.0 Å². The summed E-state index contributed by atoms with van der Waals surface area (Å²) in [6.45, 7) is 4.12. The molecule has 0 aliphatic carbocycles. The summed E-state index contributed by atoms with van der Waals surface area (Å²) in [7, 11) is 1.28. The molecule has 40 heavy (non-hydrogen) atoms. The van der Waals surface area contributed by atoms with Crippen molar-refractivity contribution in [3.63, 3.8) is 0 Å². The van der Waals surface area contributed by atoms with Crippen molar-refractivity contribution in [2.75, 3.05) is 12.0 Å². The third-order valence-electron chi connectivity index (χ3n) is 6.43. The predicted octanol–water partition coefficient (Wildman–Crippen LogP) is 5.15. The fraction of sp³-hybridized carbons (Fsp3) is 0.167. The number of Topliss-reactive ketones (excluding diaryl/α,β-unsaturated/α-hetero) is 1. The molecule has 10 heteroatoms. The van der Waals surface area contributed by atoms with E-state index < -0.39 is 23.7 Å². The van der Waals surface area contributed by atoms with Gasteiger partial charge in [0.05, 0.1) is 24.3 Å². The highest BCUT2D eigenvalue weighted by atomic mass is 32.1. The van der Waals surface area contributed by atoms with Crippen LogP contribution in [0.2, 0.25) is 0 Å². The number of hydrogen-bond acceptors (Lipinski definition) is 9. The van der Waals surface area contributed by atoms with Crippen molar-refractivity contribution in [1.82, 2.24) is 10.2 Å². The molecule has 2 heterocycles. The molecule has 1 aromatic heterocycles. The molecule has 5 rings (SSSR count). The average Bonchev–Trinajstić information content (AvgIpc) is 3.51. The van der Waals surface area contributed by atoms with Gasteiger partial charge in [0, 0.05) is 5.56 Å². The first-order chi connectivity index (χ1) is 19.3. The number of nitrogens with zero attached hydrogens (tertiary/aromatic N) is 3. The van der Waals surface area contributed by atoms with Crippen molar-refractivity contribution in [3.05, 3.63) is 111 Å². The lowest BCUT2D eigenvalue weighted by Crippen LogP contribution is -2.29. The second-order valence-electron chi connectivity index (χ2n) is 9.19. The molecule has 9 nitrogen and oxygen atoms in total. The van der Waals surface area contributed by atoms with Gasteiger partial charge >= 0.3 is 11.9 Å². The first-order valence-electron chi connectivity index (χ1n) is 12.3. The van der Waals surface area contributed by atoms with E-state index in [1.807, 2.05) is 31.2 Å². The molecular formula is C30H25N3O6S. The molecular weight excluding hydrogens is 530 g/mol. The van der Waals surface area contributed by atoms with Gasteiger partial charge in [0.25, 0.3) is 5.78 Å². The zero-order chi connectivity index (χ0) is 28.4. The van der Waals surface area contributed by atoms with Gasteiger partial charge in [0.1, 0.15) is 23.1 Å². The number of ether oxygens (including phenoxy) is 2. The number of esters is 1. The summed E-state index contributed by atoms with van der Waals surface area (Å²) in [5, 5.41) is 20.2. The molecule has 202 valence electrons. The van der Waals surface area contributed by atoms with Gasteiger partial charge in [0.15, 0.2) is 0 Å². The number of methoxy groups -OCH3 is 1. The van der Waals surface area contributed by atoms with Gasteiger partial charge in [-0.15, -0.1) is 10.2 Å². The normalized spacial score (nSPS) is 16.3. The molecule has 1 saturated heterocycles. The molecule has 1 aliphatic heterocycles. The maximum atomic E-state index is 13.3. The topological polar surface area (TPSA) is 119 Å². The van der Waals surface area contributed by atoms with Crippen LogP contribution in [0.25, 0.3) is 5.76 Å². The third kappa shape index (κ3) is 5.21. The number of aromatic nitrogens is 2. The van der Waals surface area contributed by atoms with Crippen LogP contribution in [0.15, 0.2) is 78.4 Å². The minimum Gasteiger partial charge on any atom is -0.507 e. The van der Waals surface area contributed by atoms with Crippen LogP contribution in [0.1, 0.15) is 43.7 Å². The second kappa shape index (κ2) is 11.1. The Morgan fingerprint density at radius 2 is 1.68 bits per heavy atom. The van der Waals surface area contributed by atoms with Gasteiger partial charge in [-0.05, 0) is 61.4 Å². The highest BCUT2D eigenvalue weighted by molar-refractivity contribution is 7.15. The number of rotatable bonds is 7. The van der Waals surface area contributed by atoms with Crippen LogP contribution >= 0.6 is 11.3 Å². The van der Waals surface area contributed by atoms with Crippen LogP contribution in [0.4, 0.5) is 5.13 Å². The van der Waals surface area contributed by atoms with E-state index in [0.717, 1.165) is 22.5 Å². The molecule has 1 aliphatic rings. The first-order valence-corrected chi connectivity index (χ1v) is 13.2. The van der Waals surface area contributed by atoms with Crippen molar-refractivity contribution in [1.29, 1.82) is 0 Å². The Kier molecular flexibility index (Phi) is 7.43. The number of amides is 1. The summed E-state index contributed by atoms with van der Waals surface area (Å²) < 4.78 is 10.6. The minimum atomic E-state index is -0.990. The van der Waals surface area contributed by atoms with Crippen molar-refractivity contribution in [3.8, 4) is 5.75 Å². The molecule has 1 atom stereocenters. The lowest BCUT2D eigenvalue weighted by atomic mass is 9.94. The molecule has 3 aromatic carbocycles. The Balaban J connectivity index is 1.51. The first kappa shape index (κ1) is 26.8. The van der Waals surface area contributed by atoms with Crippen LogP contribution in [0.3, 0.4) is 0 Å². The summed E-state index contributed by atoms with van der Waals surface area (Å²) in [6.07, 6.45) is 0. The maximum Gasteiger partial charge on any atom is 0.337 e. The summed E-state index contributed by atoms with van der Waals surface area (Å²) in [4.78, 5) is 39.7. The van der Waals surface area contributed by atoms with E-state index in [9.17, 15) is 19.5 Å². The molecule has 1 N–H and O–H groups in total. The Morgan fingerprint density at radius 3 is 2.30 bits per heavy atom. The van der Waals surface area contributed by atoms with Crippen molar-refractivity contribution >= 4 is 39.9 Å². The van der Waals surface area contributed by atoms with Crippen LogP contribution in [-0.4, -0.2) is 40.1 Å². The second-order valence-corrected chi connectivity index (χ2v) is 10.3. The lowest BCUT2D eigenvalue weighted by molar-refractivity contribution is -0.132. The summed E-state index contributed by atoms with van der Waals surface area (Å²) in [6, 6.07) is 19.9. The smallest absolute Gasteiger partial charge is 0.337 e. The van der Waals surface area contributed by atoms with E-state index in [1.54, 1.807) is 43.3 Å². The van der Waals surface area contributed by atoms with Crippen LogP contribution in [0.5, 0.6) is 5.75 Å². The Morgan fingerprint density at radius 1 is 0.975 bits per heavy atom. The van der Waals surface area contributed by atoms with Gasteiger partial charge in [-0.1, -0.05) is 53.3 Å².